The van der Waals surface area contributed by atoms with Gasteiger partial charge in [-0.2, -0.15) is 0 Å². The Balaban J connectivity index is 0.00000220. The van der Waals surface area contributed by atoms with Gasteiger partial charge in [0.25, 0.3) is 5.91 Å². The van der Waals surface area contributed by atoms with E-state index in [2.05, 4.69) is 17.6 Å². The smallest absolute Gasteiger partial charge is 0.255 e. The Morgan fingerprint density at radius 2 is 2.10 bits per heavy atom. The van der Waals surface area contributed by atoms with E-state index in [0.717, 1.165) is 19.5 Å². The zero-order chi connectivity index (χ0) is 14.5. The Kier molecular flexibility index (Phi) is 6.78. The first-order valence-corrected chi connectivity index (χ1v) is 6.89. The van der Waals surface area contributed by atoms with Gasteiger partial charge in [-0.05, 0) is 43.6 Å². The fraction of sp³-hybridized carbons (Fsp3) is 0.533. The normalized spacial score (nSPS) is 21.1. The number of carbonyl (C=O) groups excluding carboxylic acids is 1. The van der Waals surface area contributed by atoms with Gasteiger partial charge < -0.3 is 20.1 Å². The minimum absolute atomic E-state index is 0. The second-order valence-corrected chi connectivity index (χ2v) is 5.12. The number of hydrogen-bond acceptors (Lipinski definition) is 4. The van der Waals surface area contributed by atoms with Crippen LogP contribution >= 0.6 is 12.4 Å². The molecular formula is C15H23ClN2O3. The highest BCUT2D eigenvalue weighted by Gasteiger charge is 2.24. The first-order valence-electron chi connectivity index (χ1n) is 6.89. The molecule has 2 atom stereocenters. The predicted octanol–water partition coefficient (Wildman–Crippen LogP) is 1.85. The van der Waals surface area contributed by atoms with Crippen molar-refractivity contribution in [3.63, 3.8) is 0 Å². The van der Waals surface area contributed by atoms with Gasteiger partial charge in [0.1, 0.15) is 11.5 Å². The van der Waals surface area contributed by atoms with E-state index in [4.69, 9.17) is 9.47 Å². The van der Waals surface area contributed by atoms with E-state index in [9.17, 15) is 4.79 Å². The molecule has 2 N–H and O–H groups in total. The summed E-state index contributed by atoms with van der Waals surface area (Å²) in [7, 11) is 3.14. The van der Waals surface area contributed by atoms with E-state index in [-0.39, 0.29) is 24.4 Å². The zero-order valence-electron chi connectivity index (χ0n) is 12.6. The van der Waals surface area contributed by atoms with Crippen molar-refractivity contribution < 1.29 is 14.3 Å². The third kappa shape index (κ3) is 4.25. The monoisotopic (exact) mass is 314 g/mol. The number of amides is 1. The van der Waals surface area contributed by atoms with Crippen molar-refractivity contribution in [2.75, 3.05) is 27.3 Å². The molecule has 1 amide bonds. The summed E-state index contributed by atoms with van der Waals surface area (Å²) in [6, 6.07) is 5.43. The number of methoxy groups -OCH3 is 2. The quantitative estimate of drug-likeness (QED) is 0.890. The first kappa shape index (κ1) is 17.6. The van der Waals surface area contributed by atoms with E-state index in [1.165, 1.54) is 0 Å². The van der Waals surface area contributed by atoms with Gasteiger partial charge in [0, 0.05) is 6.04 Å². The molecule has 1 fully saturated rings. The lowest BCUT2D eigenvalue weighted by Gasteiger charge is -2.30. The van der Waals surface area contributed by atoms with Crippen molar-refractivity contribution in [3.05, 3.63) is 23.8 Å². The lowest BCUT2D eigenvalue weighted by molar-refractivity contribution is 0.0911. The van der Waals surface area contributed by atoms with Crippen molar-refractivity contribution in [1.82, 2.24) is 10.6 Å². The topological polar surface area (TPSA) is 59.6 Å². The number of nitrogens with one attached hydrogen (secondary N) is 2. The Labute approximate surface area is 131 Å². The Morgan fingerprint density at radius 3 is 2.71 bits per heavy atom. The number of hydrogen-bond donors (Lipinski definition) is 2. The molecule has 1 aromatic rings. The molecular weight excluding hydrogens is 292 g/mol. The van der Waals surface area contributed by atoms with Gasteiger partial charge >= 0.3 is 0 Å². The van der Waals surface area contributed by atoms with Crippen LogP contribution in [-0.2, 0) is 0 Å². The van der Waals surface area contributed by atoms with Crippen LogP contribution in [0.15, 0.2) is 18.2 Å². The Morgan fingerprint density at radius 1 is 1.33 bits per heavy atom. The Hall–Kier alpha value is -1.46. The molecule has 1 aliphatic rings. The maximum absolute atomic E-state index is 12.4. The first-order chi connectivity index (χ1) is 9.65. The van der Waals surface area contributed by atoms with Crippen molar-refractivity contribution in [2.24, 2.45) is 5.92 Å². The summed E-state index contributed by atoms with van der Waals surface area (Å²) in [5.74, 6) is 1.52. The van der Waals surface area contributed by atoms with Crippen LogP contribution in [0.2, 0.25) is 0 Å². The van der Waals surface area contributed by atoms with Crippen LogP contribution in [0.4, 0.5) is 0 Å². The maximum atomic E-state index is 12.4. The average molecular weight is 315 g/mol. The second-order valence-electron chi connectivity index (χ2n) is 5.12. The van der Waals surface area contributed by atoms with Crippen LogP contribution < -0.4 is 20.1 Å². The van der Waals surface area contributed by atoms with E-state index in [1.54, 1.807) is 32.4 Å². The molecule has 118 valence electrons. The molecule has 0 radical (unpaired) electrons. The summed E-state index contributed by atoms with van der Waals surface area (Å²) in [5.41, 5.74) is 0.512. The van der Waals surface area contributed by atoms with Gasteiger partial charge in [0.05, 0.1) is 19.8 Å². The largest absolute Gasteiger partial charge is 0.497 e. The molecule has 2 rings (SSSR count). The average Bonchev–Trinajstić information content (AvgIpc) is 2.48. The number of halogens is 1. The number of piperidine rings is 1. The van der Waals surface area contributed by atoms with E-state index < -0.39 is 0 Å². The zero-order valence-corrected chi connectivity index (χ0v) is 13.5. The highest BCUT2D eigenvalue weighted by Crippen LogP contribution is 2.24. The molecule has 1 saturated heterocycles. The standard InChI is InChI=1S/C15H22N2O3.ClH/c1-10-9-16-7-6-13(10)17-15(18)12-8-11(19-2)4-5-14(12)20-3;/h4-5,8,10,13,16H,6-7,9H2,1-3H3,(H,17,18);1H. The molecule has 0 spiro atoms. The summed E-state index contributed by atoms with van der Waals surface area (Å²) < 4.78 is 10.4. The molecule has 1 aliphatic heterocycles. The summed E-state index contributed by atoms with van der Waals surface area (Å²) >= 11 is 0. The molecule has 0 aromatic heterocycles. The molecule has 6 heteroatoms. The lowest BCUT2D eigenvalue weighted by atomic mass is 9.95. The third-order valence-electron chi connectivity index (χ3n) is 3.75. The summed E-state index contributed by atoms with van der Waals surface area (Å²) in [6.45, 7) is 4.00. The molecule has 1 heterocycles. The van der Waals surface area contributed by atoms with E-state index in [0.29, 0.717) is 23.0 Å². The molecule has 0 aliphatic carbocycles. The summed E-state index contributed by atoms with van der Waals surface area (Å²) in [6.07, 6.45) is 0.944. The van der Waals surface area contributed by atoms with Crippen molar-refractivity contribution >= 4 is 18.3 Å². The van der Waals surface area contributed by atoms with Gasteiger partial charge in [-0.3, -0.25) is 4.79 Å². The molecule has 5 nitrogen and oxygen atoms in total. The Bertz CT molecular complexity index is 482. The molecule has 0 saturated carbocycles. The van der Waals surface area contributed by atoms with Crippen LogP contribution in [0.1, 0.15) is 23.7 Å². The molecule has 2 unspecified atom stereocenters. The van der Waals surface area contributed by atoms with Crippen molar-refractivity contribution in [2.45, 2.75) is 19.4 Å². The van der Waals surface area contributed by atoms with E-state index in [1.807, 2.05) is 0 Å². The number of benzene rings is 1. The number of carbonyl (C=O) groups is 1. The minimum Gasteiger partial charge on any atom is -0.497 e. The van der Waals surface area contributed by atoms with Crippen LogP contribution in [0, 0.1) is 5.92 Å². The van der Waals surface area contributed by atoms with Gasteiger partial charge in [0.15, 0.2) is 0 Å². The molecule has 21 heavy (non-hydrogen) atoms. The van der Waals surface area contributed by atoms with Crippen molar-refractivity contribution in [3.8, 4) is 11.5 Å². The van der Waals surface area contributed by atoms with Gasteiger partial charge in [-0.25, -0.2) is 0 Å². The highest BCUT2D eigenvalue weighted by molar-refractivity contribution is 5.97. The minimum atomic E-state index is -0.112. The predicted molar refractivity (Wildman–Crippen MR) is 84.7 cm³/mol. The lowest BCUT2D eigenvalue weighted by Crippen LogP contribution is -2.48. The van der Waals surface area contributed by atoms with Crippen LogP contribution in [-0.4, -0.2) is 39.3 Å². The van der Waals surface area contributed by atoms with Crippen LogP contribution in [0.3, 0.4) is 0 Å². The fourth-order valence-electron chi connectivity index (χ4n) is 2.47. The van der Waals surface area contributed by atoms with Crippen molar-refractivity contribution in [1.29, 1.82) is 0 Å². The van der Waals surface area contributed by atoms with Crippen LogP contribution in [0.25, 0.3) is 0 Å². The van der Waals surface area contributed by atoms with E-state index >= 15 is 0 Å². The molecule has 1 aromatic carbocycles. The summed E-state index contributed by atoms with van der Waals surface area (Å²) in [5, 5.41) is 6.42. The highest BCUT2D eigenvalue weighted by atomic mass is 35.5. The second kappa shape index (κ2) is 8.10. The number of ether oxygens (including phenoxy) is 2. The van der Waals surface area contributed by atoms with Gasteiger partial charge in [-0.15, -0.1) is 12.4 Å². The van der Waals surface area contributed by atoms with Gasteiger partial charge in [-0.1, -0.05) is 6.92 Å². The number of rotatable bonds is 4. The summed E-state index contributed by atoms with van der Waals surface area (Å²) in [4.78, 5) is 12.4. The third-order valence-corrected chi connectivity index (χ3v) is 3.75. The fourth-order valence-corrected chi connectivity index (χ4v) is 2.47. The van der Waals surface area contributed by atoms with Gasteiger partial charge in [0.2, 0.25) is 0 Å². The SMILES string of the molecule is COc1ccc(OC)c(C(=O)NC2CCNCC2C)c1.Cl. The molecule has 0 bridgehead atoms. The van der Waals surface area contributed by atoms with Crippen LogP contribution in [0.5, 0.6) is 11.5 Å². The maximum Gasteiger partial charge on any atom is 0.255 e.